The Labute approximate surface area is 101 Å². The number of urea groups is 1. The molecule has 18 heavy (non-hydrogen) atoms. The molecule has 2 aliphatic rings. The van der Waals surface area contributed by atoms with Gasteiger partial charge in [-0.05, 0) is 6.08 Å². The summed E-state index contributed by atoms with van der Waals surface area (Å²) in [6.45, 7) is 0.740. The van der Waals surface area contributed by atoms with Gasteiger partial charge in [0.05, 0.1) is 24.5 Å². The number of nitrogens with zero attached hydrogens (tertiary/aromatic N) is 5. The number of hydroxylamine groups is 2. The van der Waals surface area contributed by atoms with Crippen LogP contribution in [0.5, 0.6) is 0 Å². The van der Waals surface area contributed by atoms with Crippen molar-refractivity contribution >= 4 is 17.6 Å². The zero-order valence-electron chi connectivity index (χ0n) is 9.22. The number of primary amides is 1. The quantitative estimate of drug-likeness (QED) is 0.634. The second-order valence-corrected chi connectivity index (χ2v) is 4.15. The van der Waals surface area contributed by atoms with E-state index in [0.29, 0.717) is 23.8 Å². The van der Waals surface area contributed by atoms with E-state index in [-0.39, 0.29) is 5.69 Å². The number of hydrogen-bond acceptors (Lipinski definition) is 5. The molecule has 0 saturated carbocycles. The van der Waals surface area contributed by atoms with Gasteiger partial charge in [0.2, 0.25) is 0 Å². The minimum Gasteiger partial charge on any atom is -0.364 e. The van der Waals surface area contributed by atoms with E-state index in [1.54, 1.807) is 6.08 Å². The summed E-state index contributed by atoms with van der Waals surface area (Å²) in [5.74, 6) is -0.666. The lowest BCUT2D eigenvalue weighted by atomic mass is 10.2. The Hall–Kier alpha value is -2.42. The van der Waals surface area contributed by atoms with E-state index in [1.807, 2.05) is 0 Å². The second-order valence-electron chi connectivity index (χ2n) is 4.15. The van der Waals surface area contributed by atoms with Crippen LogP contribution in [0.3, 0.4) is 0 Å². The summed E-state index contributed by atoms with van der Waals surface area (Å²) in [5.41, 5.74) is 5.80. The van der Waals surface area contributed by atoms with Crippen LogP contribution in [-0.2, 0) is 0 Å². The molecule has 1 unspecified atom stereocenters. The third kappa shape index (κ3) is 1.44. The highest BCUT2D eigenvalue weighted by Crippen LogP contribution is 2.24. The van der Waals surface area contributed by atoms with Gasteiger partial charge in [0.1, 0.15) is 0 Å². The van der Waals surface area contributed by atoms with Gasteiger partial charge in [-0.2, -0.15) is 5.06 Å². The molecule has 94 valence electrons. The summed E-state index contributed by atoms with van der Waals surface area (Å²) < 4.78 is 1.38. The predicted octanol–water partition coefficient (Wildman–Crippen LogP) is -1.27. The van der Waals surface area contributed by atoms with Gasteiger partial charge in [0, 0.05) is 6.54 Å². The minimum absolute atomic E-state index is 0.0519. The van der Waals surface area contributed by atoms with Crippen molar-refractivity contribution in [1.82, 2.24) is 25.0 Å². The molecule has 0 aliphatic carbocycles. The van der Waals surface area contributed by atoms with Gasteiger partial charge in [0.15, 0.2) is 5.69 Å². The third-order valence-corrected chi connectivity index (χ3v) is 2.97. The highest BCUT2D eigenvalue weighted by molar-refractivity contribution is 5.90. The highest BCUT2D eigenvalue weighted by atomic mass is 16.5. The van der Waals surface area contributed by atoms with E-state index in [9.17, 15) is 14.8 Å². The number of rotatable bonds is 2. The van der Waals surface area contributed by atoms with Gasteiger partial charge >= 0.3 is 6.03 Å². The van der Waals surface area contributed by atoms with E-state index < -0.39 is 18.0 Å². The molecule has 0 radical (unpaired) electrons. The molecule has 1 aromatic heterocycles. The van der Waals surface area contributed by atoms with Crippen molar-refractivity contribution in [2.45, 2.75) is 6.04 Å². The molecule has 1 saturated heterocycles. The molecule has 2 bridgehead atoms. The minimum atomic E-state index is -0.666. The number of aromatic nitrogens is 3. The fourth-order valence-electron chi connectivity index (χ4n) is 2.06. The Morgan fingerprint density at radius 3 is 2.94 bits per heavy atom. The molecule has 0 spiro atoms. The SMILES string of the molecule is NC(=O)c1cn(C2=CC3CN(C2)C(=O)N3O)nn1. The fourth-order valence-corrected chi connectivity index (χ4v) is 2.06. The van der Waals surface area contributed by atoms with Crippen LogP contribution in [0.15, 0.2) is 12.3 Å². The van der Waals surface area contributed by atoms with Crippen LogP contribution in [0.4, 0.5) is 4.79 Å². The number of amides is 3. The first-order valence-corrected chi connectivity index (χ1v) is 5.26. The maximum absolute atomic E-state index is 11.5. The van der Waals surface area contributed by atoms with Crippen molar-refractivity contribution in [2.75, 3.05) is 13.1 Å². The van der Waals surface area contributed by atoms with Gasteiger partial charge in [-0.25, -0.2) is 9.48 Å². The molecule has 3 amide bonds. The number of carbonyl (C=O) groups excluding carboxylic acids is 2. The summed E-state index contributed by atoms with van der Waals surface area (Å²) in [6.07, 6.45) is 3.10. The number of hydrogen-bond donors (Lipinski definition) is 2. The van der Waals surface area contributed by atoms with E-state index in [2.05, 4.69) is 10.3 Å². The van der Waals surface area contributed by atoms with Crippen LogP contribution in [0.1, 0.15) is 10.5 Å². The van der Waals surface area contributed by atoms with Crippen molar-refractivity contribution in [3.63, 3.8) is 0 Å². The molecule has 3 N–H and O–H groups in total. The summed E-state index contributed by atoms with van der Waals surface area (Å²) >= 11 is 0. The van der Waals surface area contributed by atoms with Crippen molar-refractivity contribution in [1.29, 1.82) is 0 Å². The number of nitrogens with two attached hydrogens (primary N) is 1. The van der Waals surface area contributed by atoms with Gasteiger partial charge in [0.25, 0.3) is 5.91 Å². The van der Waals surface area contributed by atoms with Gasteiger partial charge in [-0.3, -0.25) is 10.0 Å². The predicted molar refractivity (Wildman–Crippen MR) is 57.2 cm³/mol. The molecule has 3 rings (SSSR count). The summed E-state index contributed by atoms with van der Waals surface area (Å²) in [7, 11) is 0. The summed E-state index contributed by atoms with van der Waals surface area (Å²) in [6, 6.07) is -0.844. The standard InChI is InChI=1S/C9H10N6O3/c10-8(16)7-4-14(12-11-7)5-1-6-3-13(2-5)9(17)15(6)18/h1,4,6,18H,2-3H2,(H2,10,16). The molecule has 9 nitrogen and oxygen atoms in total. The fraction of sp³-hybridized carbons (Fsp3) is 0.333. The van der Waals surface area contributed by atoms with Crippen LogP contribution in [-0.4, -0.2) is 61.2 Å². The molecule has 1 atom stereocenters. The van der Waals surface area contributed by atoms with Gasteiger partial charge in [-0.1, -0.05) is 5.21 Å². The third-order valence-electron chi connectivity index (χ3n) is 2.97. The first-order valence-electron chi connectivity index (χ1n) is 5.26. The first kappa shape index (κ1) is 10.7. The van der Waals surface area contributed by atoms with E-state index in [0.717, 1.165) is 0 Å². The zero-order valence-corrected chi connectivity index (χ0v) is 9.22. The van der Waals surface area contributed by atoms with Crippen LogP contribution in [0.2, 0.25) is 0 Å². The van der Waals surface area contributed by atoms with Gasteiger partial charge in [-0.15, -0.1) is 5.10 Å². The lowest BCUT2D eigenvalue weighted by molar-refractivity contribution is -0.0450. The smallest absolute Gasteiger partial charge is 0.344 e. The molecule has 2 aliphatic heterocycles. The number of fused-ring (bicyclic) bond motifs is 2. The summed E-state index contributed by atoms with van der Waals surface area (Å²) in [4.78, 5) is 23.9. The molecule has 1 aromatic rings. The Morgan fingerprint density at radius 2 is 2.33 bits per heavy atom. The average Bonchev–Trinajstić information content (AvgIpc) is 2.91. The molecular formula is C9H10N6O3. The first-order chi connectivity index (χ1) is 8.56. The maximum atomic E-state index is 11.5. The van der Waals surface area contributed by atoms with Crippen LogP contribution >= 0.6 is 0 Å². The van der Waals surface area contributed by atoms with Crippen molar-refractivity contribution < 1.29 is 14.8 Å². The Morgan fingerprint density at radius 1 is 1.56 bits per heavy atom. The lowest BCUT2D eigenvalue weighted by Crippen LogP contribution is -2.31. The van der Waals surface area contributed by atoms with Crippen LogP contribution in [0, 0.1) is 0 Å². The van der Waals surface area contributed by atoms with Crippen LogP contribution in [0.25, 0.3) is 5.70 Å². The monoisotopic (exact) mass is 250 g/mol. The largest absolute Gasteiger partial charge is 0.364 e. The molecule has 0 aromatic carbocycles. The Bertz CT molecular complexity index is 564. The van der Waals surface area contributed by atoms with E-state index in [1.165, 1.54) is 15.8 Å². The Balaban J connectivity index is 1.92. The average molecular weight is 250 g/mol. The van der Waals surface area contributed by atoms with E-state index >= 15 is 0 Å². The normalized spacial score (nSPS) is 22.4. The lowest BCUT2D eigenvalue weighted by Gasteiger charge is -2.20. The molecule has 9 heteroatoms. The topological polar surface area (TPSA) is 118 Å². The summed E-state index contributed by atoms with van der Waals surface area (Å²) in [5, 5.41) is 17.6. The van der Waals surface area contributed by atoms with Crippen molar-refractivity contribution in [3.8, 4) is 0 Å². The Kier molecular flexibility index (Phi) is 2.10. The molecule has 3 heterocycles. The maximum Gasteiger partial charge on any atom is 0.344 e. The molecule has 1 fully saturated rings. The number of carbonyl (C=O) groups is 2. The highest BCUT2D eigenvalue weighted by Gasteiger charge is 2.39. The zero-order chi connectivity index (χ0) is 12.9. The van der Waals surface area contributed by atoms with Crippen LogP contribution < -0.4 is 5.73 Å². The van der Waals surface area contributed by atoms with Crippen molar-refractivity contribution in [2.24, 2.45) is 5.73 Å². The van der Waals surface area contributed by atoms with Gasteiger partial charge < -0.3 is 10.6 Å². The van der Waals surface area contributed by atoms with Crippen molar-refractivity contribution in [3.05, 3.63) is 18.0 Å². The van der Waals surface area contributed by atoms with E-state index in [4.69, 9.17) is 5.73 Å². The second kappa shape index (κ2) is 3.53. The molecular weight excluding hydrogens is 240 g/mol.